The highest BCUT2D eigenvalue weighted by molar-refractivity contribution is 6.00. The molecule has 0 unspecified atom stereocenters. The molecule has 1 atom stereocenters. The van der Waals surface area contributed by atoms with Gasteiger partial charge in [-0.05, 0) is 45.1 Å². The van der Waals surface area contributed by atoms with E-state index in [4.69, 9.17) is 9.47 Å². The molecule has 0 aromatic carbocycles. The second-order valence-electron chi connectivity index (χ2n) is 9.01. The van der Waals surface area contributed by atoms with Crippen LogP contribution in [0.2, 0.25) is 0 Å². The van der Waals surface area contributed by atoms with E-state index < -0.39 is 5.97 Å². The summed E-state index contributed by atoms with van der Waals surface area (Å²) in [5.41, 5.74) is 2.16. The third kappa shape index (κ3) is 6.14. The number of carbonyl (C=O) groups excluding carboxylic acids is 3. The van der Waals surface area contributed by atoms with Crippen LogP contribution in [0.3, 0.4) is 0 Å². The maximum Gasteiger partial charge on any atom is 0.340 e. The molecule has 1 aromatic rings. The summed E-state index contributed by atoms with van der Waals surface area (Å²) in [6, 6.07) is 0. The van der Waals surface area contributed by atoms with E-state index in [2.05, 4.69) is 15.2 Å². The standard InChI is InChI=1S/C24H38N4O5/c1-5-33-24(31)20-17(3)21(26-18(20)4)23(30)28-9-6-19(7-10-28)16(2)22(29)25-8-11-27-12-14-32-15-13-27/h16,19,26H,5-15H2,1-4H3,(H,25,29)/t16-/m1/s1. The fraction of sp³-hybridized carbons (Fsp3) is 0.708. The molecule has 2 N–H and O–H groups in total. The number of esters is 1. The van der Waals surface area contributed by atoms with Crippen LogP contribution in [0.25, 0.3) is 0 Å². The van der Waals surface area contributed by atoms with Gasteiger partial charge in [0.05, 0.1) is 25.4 Å². The van der Waals surface area contributed by atoms with Crippen LogP contribution in [-0.2, 0) is 14.3 Å². The molecule has 0 spiro atoms. The van der Waals surface area contributed by atoms with Gasteiger partial charge in [-0.25, -0.2) is 4.79 Å². The molecule has 2 fully saturated rings. The van der Waals surface area contributed by atoms with Crippen LogP contribution in [0.5, 0.6) is 0 Å². The van der Waals surface area contributed by atoms with Gasteiger partial charge in [0.1, 0.15) is 5.69 Å². The summed E-state index contributed by atoms with van der Waals surface area (Å²) in [5, 5.41) is 3.07. The van der Waals surface area contributed by atoms with Crippen molar-refractivity contribution in [1.29, 1.82) is 0 Å². The van der Waals surface area contributed by atoms with Gasteiger partial charge in [0.25, 0.3) is 5.91 Å². The Labute approximate surface area is 196 Å². The minimum absolute atomic E-state index is 0.0861. The number of aryl methyl sites for hydroxylation is 1. The van der Waals surface area contributed by atoms with E-state index in [1.807, 2.05) is 11.8 Å². The molecule has 0 bridgehead atoms. The van der Waals surface area contributed by atoms with E-state index in [0.29, 0.717) is 48.8 Å². The second-order valence-corrected chi connectivity index (χ2v) is 9.01. The van der Waals surface area contributed by atoms with Gasteiger partial charge in [0.2, 0.25) is 5.91 Å². The van der Waals surface area contributed by atoms with E-state index in [1.54, 1.807) is 20.8 Å². The van der Waals surface area contributed by atoms with Crippen LogP contribution in [0, 0.1) is 25.7 Å². The van der Waals surface area contributed by atoms with Crippen LogP contribution in [-0.4, -0.2) is 91.7 Å². The molecule has 2 aliphatic heterocycles. The highest BCUT2D eigenvalue weighted by atomic mass is 16.5. The highest BCUT2D eigenvalue weighted by Gasteiger charge is 2.32. The highest BCUT2D eigenvalue weighted by Crippen LogP contribution is 2.27. The first kappa shape index (κ1) is 25.2. The number of morpholine rings is 1. The first-order valence-corrected chi connectivity index (χ1v) is 12.1. The maximum absolute atomic E-state index is 13.1. The third-order valence-corrected chi connectivity index (χ3v) is 6.91. The molecule has 2 aliphatic rings. The zero-order chi connectivity index (χ0) is 24.0. The number of ether oxygens (including phenoxy) is 2. The number of likely N-dealkylation sites (tertiary alicyclic amines) is 1. The van der Waals surface area contributed by atoms with Crippen molar-refractivity contribution in [3.63, 3.8) is 0 Å². The molecular formula is C24H38N4O5. The monoisotopic (exact) mass is 462 g/mol. The van der Waals surface area contributed by atoms with Gasteiger partial charge in [0, 0.05) is 50.9 Å². The smallest absolute Gasteiger partial charge is 0.340 e. The second kappa shape index (κ2) is 11.7. The number of piperidine rings is 1. The Kier molecular flexibility index (Phi) is 8.91. The number of aromatic nitrogens is 1. The van der Waals surface area contributed by atoms with E-state index in [0.717, 1.165) is 45.7 Å². The maximum atomic E-state index is 13.1. The van der Waals surface area contributed by atoms with Gasteiger partial charge in [-0.2, -0.15) is 0 Å². The van der Waals surface area contributed by atoms with Crippen LogP contribution in [0.1, 0.15) is 58.8 Å². The summed E-state index contributed by atoms with van der Waals surface area (Å²) in [7, 11) is 0. The lowest BCUT2D eigenvalue weighted by atomic mass is 9.84. The zero-order valence-corrected chi connectivity index (χ0v) is 20.4. The first-order chi connectivity index (χ1) is 15.8. The molecule has 33 heavy (non-hydrogen) atoms. The zero-order valence-electron chi connectivity index (χ0n) is 20.4. The molecule has 3 rings (SSSR count). The number of H-pyrrole nitrogens is 1. The summed E-state index contributed by atoms with van der Waals surface area (Å²) in [5.74, 6) is -0.263. The lowest BCUT2D eigenvalue weighted by Gasteiger charge is -2.34. The number of carbonyl (C=O) groups is 3. The lowest BCUT2D eigenvalue weighted by molar-refractivity contribution is -0.126. The summed E-state index contributed by atoms with van der Waals surface area (Å²) in [6.07, 6.45) is 1.57. The Morgan fingerprint density at radius 3 is 2.45 bits per heavy atom. The Morgan fingerprint density at radius 2 is 1.82 bits per heavy atom. The number of hydrogen-bond donors (Lipinski definition) is 2. The Morgan fingerprint density at radius 1 is 1.15 bits per heavy atom. The molecule has 3 heterocycles. The predicted molar refractivity (Wildman–Crippen MR) is 124 cm³/mol. The largest absolute Gasteiger partial charge is 0.462 e. The molecule has 2 saturated heterocycles. The van der Waals surface area contributed by atoms with Crippen molar-refractivity contribution in [2.24, 2.45) is 11.8 Å². The first-order valence-electron chi connectivity index (χ1n) is 12.1. The number of nitrogens with zero attached hydrogens (tertiary/aromatic N) is 2. The summed E-state index contributed by atoms with van der Waals surface area (Å²) in [4.78, 5) is 45.2. The summed E-state index contributed by atoms with van der Waals surface area (Å²) >= 11 is 0. The average Bonchev–Trinajstić information content (AvgIpc) is 3.12. The number of amides is 2. The van der Waals surface area contributed by atoms with Crippen molar-refractivity contribution < 1.29 is 23.9 Å². The topological polar surface area (TPSA) is 104 Å². The number of aromatic amines is 1. The van der Waals surface area contributed by atoms with E-state index in [-0.39, 0.29) is 23.7 Å². The fourth-order valence-corrected chi connectivity index (χ4v) is 4.77. The van der Waals surface area contributed by atoms with Crippen molar-refractivity contribution >= 4 is 17.8 Å². The van der Waals surface area contributed by atoms with Gasteiger partial charge in [-0.1, -0.05) is 6.92 Å². The average molecular weight is 463 g/mol. The molecule has 0 radical (unpaired) electrons. The molecule has 0 aliphatic carbocycles. The summed E-state index contributed by atoms with van der Waals surface area (Å²) < 4.78 is 10.5. The third-order valence-electron chi connectivity index (χ3n) is 6.91. The van der Waals surface area contributed by atoms with Crippen molar-refractivity contribution in [2.75, 3.05) is 59.1 Å². The van der Waals surface area contributed by atoms with Crippen LogP contribution in [0.4, 0.5) is 0 Å². The predicted octanol–water partition coefficient (Wildman–Crippen LogP) is 1.74. The molecule has 9 heteroatoms. The molecule has 2 amide bonds. The van der Waals surface area contributed by atoms with E-state index >= 15 is 0 Å². The van der Waals surface area contributed by atoms with Crippen LogP contribution in [0.15, 0.2) is 0 Å². The van der Waals surface area contributed by atoms with E-state index in [9.17, 15) is 14.4 Å². The molecular weight excluding hydrogens is 424 g/mol. The number of hydrogen-bond acceptors (Lipinski definition) is 6. The molecule has 9 nitrogen and oxygen atoms in total. The molecule has 1 aromatic heterocycles. The summed E-state index contributed by atoms with van der Waals surface area (Å²) in [6.45, 7) is 13.6. The SMILES string of the molecule is CCOC(=O)c1c(C)[nH]c(C(=O)N2CCC([C@@H](C)C(=O)NCCN3CCOCC3)CC2)c1C. The van der Waals surface area contributed by atoms with Gasteiger partial charge in [-0.15, -0.1) is 0 Å². The molecule has 0 saturated carbocycles. The lowest BCUT2D eigenvalue weighted by Crippen LogP contribution is -2.45. The van der Waals surface area contributed by atoms with Gasteiger partial charge in [-0.3, -0.25) is 14.5 Å². The normalized spacial score (nSPS) is 18.7. The van der Waals surface area contributed by atoms with Crippen molar-refractivity contribution in [3.8, 4) is 0 Å². The van der Waals surface area contributed by atoms with Crippen molar-refractivity contribution in [1.82, 2.24) is 20.1 Å². The number of rotatable bonds is 8. The van der Waals surface area contributed by atoms with Crippen LogP contribution >= 0.6 is 0 Å². The van der Waals surface area contributed by atoms with Crippen LogP contribution < -0.4 is 5.32 Å². The minimum atomic E-state index is -0.407. The van der Waals surface area contributed by atoms with Gasteiger partial charge >= 0.3 is 5.97 Å². The minimum Gasteiger partial charge on any atom is -0.462 e. The van der Waals surface area contributed by atoms with Crippen molar-refractivity contribution in [3.05, 3.63) is 22.5 Å². The Hall–Kier alpha value is -2.39. The molecule has 184 valence electrons. The van der Waals surface area contributed by atoms with Crippen molar-refractivity contribution in [2.45, 2.75) is 40.5 Å². The fourth-order valence-electron chi connectivity index (χ4n) is 4.77. The Balaban J connectivity index is 1.48. The van der Waals surface area contributed by atoms with Gasteiger partial charge < -0.3 is 24.7 Å². The quantitative estimate of drug-likeness (QED) is 0.571. The van der Waals surface area contributed by atoms with Gasteiger partial charge in [0.15, 0.2) is 0 Å². The number of nitrogens with one attached hydrogen (secondary N) is 2. The Bertz CT molecular complexity index is 838. The van der Waals surface area contributed by atoms with E-state index in [1.165, 1.54) is 0 Å².